The number of carbonyl (C=O) groups excluding carboxylic acids is 2. The number of rotatable bonds is 4. The quantitative estimate of drug-likeness (QED) is 0.737. The predicted octanol–water partition coefficient (Wildman–Crippen LogP) is 1.05. The Bertz CT molecular complexity index is 951. The average Bonchev–Trinajstić information content (AvgIpc) is 3.09. The molecule has 0 radical (unpaired) electrons. The number of halogens is 1. The summed E-state index contributed by atoms with van der Waals surface area (Å²) in [6.45, 7) is 2.03. The molecule has 1 aliphatic heterocycles. The molecule has 3 rings (SSSR count). The van der Waals surface area contributed by atoms with Crippen LogP contribution in [0.4, 0.5) is 0 Å². The maximum Gasteiger partial charge on any atom is 0.340 e. The first-order chi connectivity index (χ1) is 12.3. The first-order valence-corrected chi connectivity index (χ1v) is 8.51. The Hall–Kier alpha value is -2.54. The van der Waals surface area contributed by atoms with Crippen LogP contribution >= 0.6 is 11.6 Å². The van der Waals surface area contributed by atoms with E-state index in [-0.39, 0.29) is 12.0 Å². The number of methoxy groups -OCH3 is 1. The van der Waals surface area contributed by atoms with Gasteiger partial charge in [-0.2, -0.15) is 0 Å². The number of carboxylic acids is 1. The van der Waals surface area contributed by atoms with Crippen molar-refractivity contribution in [2.75, 3.05) is 13.7 Å². The smallest absolute Gasteiger partial charge is 0.340 e. The summed E-state index contributed by atoms with van der Waals surface area (Å²) in [5.74, 6) is -1.34. The molecule has 0 unspecified atom stereocenters. The molecule has 138 valence electrons. The van der Waals surface area contributed by atoms with Gasteiger partial charge in [-0.15, -0.1) is 0 Å². The van der Waals surface area contributed by atoms with Gasteiger partial charge in [0.25, 0.3) is 0 Å². The number of nitrogens with zero attached hydrogens (tertiary/aromatic N) is 1. The number of benzene rings is 1. The minimum Gasteiger partial charge on any atom is -0.548 e. The largest absolute Gasteiger partial charge is 0.548 e. The number of fused-ring (bicyclic) bond motifs is 1. The third kappa shape index (κ3) is 3.14. The van der Waals surface area contributed by atoms with Crippen molar-refractivity contribution in [2.24, 2.45) is 0 Å². The summed E-state index contributed by atoms with van der Waals surface area (Å²) in [5.41, 5.74) is 0.418. The molecular formula is C18H17ClNO6-. The van der Waals surface area contributed by atoms with E-state index in [1.54, 1.807) is 13.0 Å². The molecule has 1 aromatic carbocycles. The molecule has 1 atom stereocenters. The van der Waals surface area contributed by atoms with Gasteiger partial charge in [-0.05, 0) is 31.4 Å². The molecular weight excluding hydrogens is 362 g/mol. The van der Waals surface area contributed by atoms with E-state index in [1.807, 2.05) is 0 Å². The third-order valence-electron chi connectivity index (χ3n) is 4.73. The van der Waals surface area contributed by atoms with Gasteiger partial charge in [-0.25, -0.2) is 4.79 Å². The van der Waals surface area contributed by atoms with Gasteiger partial charge in [0, 0.05) is 18.0 Å². The van der Waals surface area contributed by atoms with E-state index in [0.29, 0.717) is 46.7 Å². The minimum absolute atomic E-state index is 0.188. The van der Waals surface area contributed by atoms with E-state index in [0.717, 1.165) is 0 Å². The second-order valence-corrected chi connectivity index (χ2v) is 6.62. The van der Waals surface area contributed by atoms with Crippen LogP contribution in [0.15, 0.2) is 21.3 Å². The molecule has 0 aliphatic carbocycles. The summed E-state index contributed by atoms with van der Waals surface area (Å²) in [6.07, 6.45) is 0.706. The van der Waals surface area contributed by atoms with Crippen LogP contribution in [0.25, 0.3) is 11.0 Å². The van der Waals surface area contributed by atoms with Gasteiger partial charge >= 0.3 is 5.63 Å². The average molecular weight is 379 g/mol. The van der Waals surface area contributed by atoms with Crippen molar-refractivity contribution in [3.63, 3.8) is 0 Å². The first-order valence-electron chi connectivity index (χ1n) is 8.13. The van der Waals surface area contributed by atoms with Crippen molar-refractivity contribution in [3.8, 4) is 5.75 Å². The highest BCUT2D eigenvalue weighted by atomic mass is 35.5. The molecule has 0 saturated carbocycles. The Morgan fingerprint density at radius 1 is 1.42 bits per heavy atom. The number of hydrogen-bond donors (Lipinski definition) is 0. The highest BCUT2D eigenvalue weighted by Crippen LogP contribution is 2.31. The molecule has 0 N–H and O–H groups in total. The molecule has 1 aromatic heterocycles. The van der Waals surface area contributed by atoms with Crippen LogP contribution in [0, 0.1) is 6.92 Å². The van der Waals surface area contributed by atoms with E-state index in [2.05, 4.69) is 0 Å². The summed E-state index contributed by atoms with van der Waals surface area (Å²) < 4.78 is 10.4. The molecule has 2 heterocycles. The van der Waals surface area contributed by atoms with Crippen LogP contribution in [-0.2, 0) is 16.0 Å². The van der Waals surface area contributed by atoms with E-state index in [1.165, 1.54) is 18.1 Å². The lowest BCUT2D eigenvalue weighted by Gasteiger charge is -2.25. The summed E-state index contributed by atoms with van der Waals surface area (Å²) in [4.78, 5) is 37.3. The number of aliphatic carboxylic acids is 1. The summed E-state index contributed by atoms with van der Waals surface area (Å²) in [6, 6.07) is 2.18. The number of aryl methyl sites for hydroxylation is 1. The Balaban J connectivity index is 1.99. The maximum absolute atomic E-state index is 12.5. The molecule has 0 spiro atoms. The zero-order valence-electron chi connectivity index (χ0n) is 14.3. The van der Waals surface area contributed by atoms with Crippen LogP contribution in [0.1, 0.15) is 24.0 Å². The SMILES string of the molecule is COc1cc2oc(=O)c(CC(=O)N3CCC[C@H]3C(=O)[O-])c(C)c2cc1Cl. The van der Waals surface area contributed by atoms with Crippen molar-refractivity contribution in [2.45, 2.75) is 32.2 Å². The second kappa shape index (κ2) is 6.99. The maximum atomic E-state index is 12.5. The lowest BCUT2D eigenvalue weighted by atomic mass is 10.0. The number of ether oxygens (including phenoxy) is 1. The van der Waals surface area contributed by atoms with Crippen molar-refractivity contribution < 1.29 is 23.8 Å². The molecule has 1 fully saturated rings. The number of likely N-dealkylation sites (tertiary alicyclic amines) is 1. The zero-order valence-corrected chi connectivity index (χ0v) is 15.1. The Labute approximate surface area is 154 Å². The van der Waals surface area contributed by atoms with Crippen LogP contribution < -0.4 is 15.5 Å². The normalized spacial score (nSPS) is 16.9. The monoisotopic (exact) mass is 378 g/mol. The number of carboxylic acid groups (broad SMARTS) is 1. The number of carbonyl (C=O) groups is 2. The fourth-order valence-electron chi connectivity index (χ4n) is 3.31. The van der Waals surface area contributed by atoms with Gasteiger partial charge in [-0.1, -0.05) is 11.6 Å². The Kier molecular flexibility index (Phi) is 4.91. The van der Waals surface area contributed by atoms with Crippen LogP contribution in [-0.4, -0.2) is 36.5 Å². The highest BCUT2D eigenvalue weighted by Gasteiger charge is 2.30. The van der Waals surface area contributed by atoms with E-state index < -0.39 is 23.5 Å². The van der Waals surface area contributed by atoms with Crippen molar-refractivity contribution >= 4 is 34.4 Å². The molecule has 0 bridgehead atoms. The van der Waals surface area contributed by atoms with Crippen molar-refractivity contribution in [1.82, 2.24) is 4.90 Å². The minimum atomic E-state index is -1.28. The van der Waals surface area contributed by atoms with Crippen molar-refractivity contribution in [1.29, 1.82) is 0 Å². The van der Waals surface area contributed by atoms with Gasteiger partial charge < -0.3 is 24.0 Å². The molecule has 1 aliphatic rings. The fraction of sp³-hybridized carbons (Fsp3) is 0.389. The Morgan fingerprint density at radius 2 is 2.15 bits per heavy atom. The van der Waals surface area contributed by atoms with Crippen LogP contribution in [0.2, 0.25) is 5.02 Å². The van der Waals surface area contributed by atoms with Crippen LogP contribution in [0.3, 0.4) is 0 Å². The summed E-state index contributed by atoms with van der Waals surface area (Å²) >= 11 is 6.14. The lowest BCUT2D eigenvalue weighted by Crippen LogP contribution is -2.47. The van der Waals surface area contributed by atoms with Gasteiger partial charge in [0.2, 0.25) is 5.91 Å². The highest BCUT2D eigenvalue weighted by molar-refractivity contribution is 6.32. The van der Waals surface area contributed by atoms with Crippen molar-refractivity contribution in [3.05, 3.63) is 38.7 Å². The van der Waals surface area contributed by atoms with E-state index in [9.17, 15) is 19.5 Å². The third-order valence-corrected chi connectivity index (χ3v) is 5.03. The Morgan fingerprint density at radius 3 is 2.81 bits per heavy atom. The second-order valence-electron chi connectivity index (χ2n) is 6.22. The lowest BCUT2D eigenvalue weighted by molar-refractivity contribution is -0.310. The van der Waals surface area contributed by atoms with Gasteiger partial charge in [0.15, 0.2) is 0 Å². The van der Waals surface area contributed by atoms with E-state index >= 15 is 0 Å². The zero-order chi connectivity index (χ0) is 19.0. The first kappa shape index (κ1) is 18.3. The molecule has 1 saturated heterocycles. The van der Waals surface area contributed by atoms with Gasteiger partial charge in [0.05, 0.1) is 36.1 Å². The standard InChI is InChI=1S/C18H18ClNO6/c1-9-10-6-12(19)15(25-2)8-14(10)26-18(24)11(9)7-16(21)20-5-3-4-13(20)17(22)23/h6,8,13H,3-5,7H2,1-2H3,(H,22,23)/p-1/t13-/m0/s1. The topological polar surface area (TPSA) is 99.9 Å². The fourth-order valence-corrected chi connectivity index (χ4v) is 3.55. The van der Waals surface area contributed by atoms with Gasteiger partial charge in [-0.3, -0.25) is 4.79 Å². The summed E-state index contributed by atoms with van der Waals surface area (Å²) in [5, 5.41) is 12.1. The molecule has 1 amide bonds. The molecule has 26 heavy (non-hydrogen) atoms. The van der Waals surface area contributed by atoms with Crippen LogP contribution in [0.5, 0.6) is 5.75 Å². The predicted molar refractivity (Wildman–Crippen MR) is 92.2 cm³/mol. The molecule has 8 heteroatoms. The van der Waals surface area contributed by atoms with E-state index in [4.69, 9.17) is 20.8 Å². The molecule has 7 nitrogen and oxygen atoms in total. The van der Waals surface area contributed by atoms with Gasteiger partial charge in [0.1, 0.15) is 11.3 Å². The summed E-state index contributed by atoms with van der Waals surface area (Å²) in [7, 11) is 1.45. The number of amides is 1. The number of hydrogen-bond acceptors (Lipinski definition) is 6. The molecule has 2 aromatic rings.